The van der Waals surface area contributed by atoms with Gasteiger partial charge in [0.25, 0.3) is 5.91 Å². The molecule has 0 saturated heterocycles. The van der Waals surface area contributed by atoms with Gasteiger partial charge in [0, 0.05) is 0 Å². The molecular formula is C11H15NO4. The van der Waals surface area contributed by atoms with Gasteiger partial charge in [-0.25, -0.2) is 0 Å². The highest BCUT2D eigenvalue weighted by atomic mass is 16.5. The molecule has 5 nitrogen and oxygen atoms in total. The monoisotopic (exact) mass is 225 g/mol. The third-order valence-electron chi connectivity index (χ3n) is 2.05. The molecule has 0 bridgehead atoms. The number of hydrogen-bond acceptors (Lipinski definition) is 4. The topological polar surface area (TPSA) is 70.8 Å². The number of benzene rings is 1. The molecule has 0 aliphatic heterocycles. The van der Waals surface area contributed by atoms with E-state index in [0.717, 1.165) is 0 Å². The zero-order valence-corrected chi connectivity index (χ0v) is 9.57. The number of hydrogen-bond donors (Lipinski definition) is 1. The first-order chi connectivity index (χ1) is 7.65. The van der Waals surface area contributed by atoms with Gasteiger partial charge in [0.15, 0.2) is 11.5 Å². The van der Waals surface area contributed by atoms with Crippen LogP contribution in [0, 0.1) is 0 Å². The smallest absolute Gasteiger partial charge is 0.252 e. The second-order valence-electron chi connectivity index (χ2n) is 2.98. The van der Waals surface area contributed by atoms with E-state index in [9.17, 15) is 4.79 Å². The third-order valence-corrected chi connectivity index (χ3v) is 2.05. The molecule has 1 aromatic carbocycles. The molecule has 1 rings (SSSR count). The zero-order valence-electron chi connectivity index (χ0n) is 9.57. The molecule has 0 fully saturated rings. The second kappa shape index (κ2) is 5.25. The van der Waals surface area contributed by atoms with Crippen molar-refractivity contribution in [3.8, 4) is 17.2 Å². The molecule has 0 atom stereocenters. The summed E-state index contributed by atoms with van der Waals surface area (Å²) in [6, 6.07) is 3.16. The number of carbonyl (C=O) groups is 1. The Labute approximate surface area is 94.1 Å². The first kappa shape index (κ1) is 12.2. The molecule has 2 N–H and O–H groups in total. The molecule has 88 valence electrons. The lowest BCUT2D eigenvalue weighted by Gasteiger charge is -2.15. The van der Waals surface area contributed by atoms with E-state index in [1.807, 2.05) is 6.92 Å². The van der Waals surface area contributed by atoms with E-state index in [2.05, 4.69) is 0 Å². The van der Waals surface area contributed by atoms with Crippen LogP contribution in [0.15, 0.2) is 12.1 Å². The Balaban J connectivity index is 3.37. The van der Waals surface area contributed by atoms with Gasteiger partial charge in [0.2, 0.25) is 5.75 Å². The molecule has 0 aliphatic carbocycles. The van der Waals surface area contributed by atoms with Gasteiger partial charge < -0.3 is 19.9 Å². The van der Waals surface area contributed by atoms with Crippen molar-refractivity contribution in [2.24, 2.45) is 5.73 Å². The predicted octanol–water partition coefficient (Wildman–Crippen LogP) is 1.20. The van der Waals surface area contributed by atoms with Gasteiger partial charge in [-0.1, -0.05) is 0 Å². The molecular weight excluding hydrogens is 210 g/mol. The summed E-state index contributed by atoms with van der Waals surface area (Å²) >= 11 is 0. The number of primary amides is 1. The normalized spacial score (nSPS) is 9.69. The Morgan fingerprint density at radius 2 is 1.94 bits per heavy atom. The van der Waals surface area contributed by atoms with Crippen LogP contribution in [-0.2, 0) is 0 Å². The van der Waals surface area contributed by atoms with E-state index >= 15 is 0 Å². The average Bonchev–Trinajstić information content (AvgIpc) is 2.28. The number of nitrogens with two attached hydrogens (primary N) is 1. The van der Waals surface area contributed by atoms with Crippen LogP contribution in [0.2, 0.25) is 0 Å². The first-order valence-electron chi connectivity index (χ1n) is 4.83. The number of amides is 1. The van der Waals surface area contributed by atoms with E-state index < -0.39 is 5.91 Å². The third kappa shape index (κ3) is 2.18. The minimum Gasteiger partial charge on any atom is -0.493 e. The summed E-state index contributed by atoms with van der Waals surface area (Å²) in [4.78, 5) is 11.2. The summed E-state index contributed by atoms with van der Waals surface area (Å²) in [5.41, 5.74) is 5.52. The summed E-state index contributed by atoms with van der Waals surface area (Å²) in [6.45, 7) is 2.22. The highest BCUT2D eigenvalue weighted by Gasteiger charge is 2.19. The lowest BCUT2D eigenvalue weighted by Crippen LogP contribution is -2.14. The maximum absolute atomic E-state index is 11.2. The van der Waals surface area contributed by atoms with Crippen molar-refractivity contribution in [3.63, 3.8) is 0 Å². The lowest BCUT2D eigenvalue weighted by atomic mass is 10.1. The molecule has 0 spiro atoms. The standard InChI is InChI=1S/C11H15NO4/c1-4-16-9-7(11(12)13)5-6-8(14-2)10(9)15-3/h5-6H,4H2,1-3H3,(H2,12,13). The van der Waals surface area contributed by atoms with Crippen molar-refractivity contribution in [1.82, 2.24) is 0 Å². The average molecular weight is 225 g/mol. The molecule has 0 aromatic heterocycles. The molecule has 0 unspecified atom stereocenters. The molecule has 0 aliphatic rings. The van der Waals surface area contributed by atoms with Crippen LogP contribution in [0.3, 0.4) is 0 Å². The van der Waals surface area contributed by atoms with Crippen LogP contribution in [0.25, 0.3) is 0 Å². The summed E-state index contributed by atoms with van der Waals surface area (Å²) < 4.78 is 15.6. The lowest BCUT2D eigenvalue weighted by molar-refractivity contribution is 0.0995. The summed E-state index contributed by atoms with van der Waals surface area (Å²) in [5.74, 6) is 0.623. The van der Waals surface area contributed by atoms with Crippen LogP contribution in [-0.4, -0.2) is 26.7 Å². The Morgan fingerprint density at radius 3 is 2.38 bits per heavy atom. The number of methoxy groups -OCH3 is 2. The molecule has 1 amide bonds. The van der Waals surface area contributed by atoms with Gasteiger partial charge in [-0.2, -0.15) is 0 Å². The molecule has 0 heterocycles. The highest BCUT2D eigenvalue weighted by Crippen LogP contribution is 2.39. The van der Waals surface area contributed by atoms with Crippen molar-refractivity contribution in [2.45, 2.75) is 6.92 Å². The van der Waals surface area contributed by atoms with Crippen molar-refractivity contribution in [2.75, 3.05) is 20.8 Å². The second-order valence-corrected chi connectivity index (χ2v) is 2.98. The molecule has 0 saturated carbocycles. The van der Waals surface area contributed by atoms with Crippen molar-refractivity contribution in [1.29, 1.82) is 0 Å². The minimum atomic E-state index is -0.565. The SMILES string of the molecule is CCOc1c(C(N)=O)ccc(OC)c1OC. The Kier molecular flexibility index (Phi) is 3.99. The Morgan fingerprint density at radius 1 is 1.25 bits per heavy atom. The maximum atomic E-state index is 11.2. The Hall–Kier alpha value is -1.91. The van der Waals surface area contributed by atoms with Crippen molar-refractivity contribution >= 4 is 5.91 Å². The van der Waals surface area contributed by atoms with Crippen LogP contribution in [0.5, 0.6) is 17.2 Å². The van der Waals surface area contributed by atoms with Crippen LogP contribution in [0.4, 0.5) is 0 Å². The van der Waals surface area contributed by atoms with Crippen molar-refractivity contribution in [3.05, 3.63) is 17.7 Å². The van der Waals surface area contributed by atoms with Crippen LogP contribution in [0.1, 0.15) is 17.3 Å². The molecule has 0 radical (unpaired) electrons. The van der Waals surface area contributed by atoms with Gasteiger partial charge in [0.1, 0.15) is 0 Å². The summed E-state index contributed by atoms with van der Waals surface area (Å²) in [7, 11) is 2.99. The Bertz CT molecular complexity index is 390. The number of rotatable bonds is 5. The fraction of sp³-hybridized carbons (Fsp3) is 0.364. The zero-order chi connectivity index (χ0) is 12.1. The van der Waals surface area contributed by atoms with E-state index in [1.165, 1.54) is 14.2 Å². The van der Waals surface area contributed by atoms with Gasteiger partial charge in [-0.15, -0.1) is 0 Å². The van der Waals surface area contributed by atoms with E-state index in [1.54, 1.807) is 12.1 Å². The van der Waals surface area contributed by atoms with Gasteiger partial charge >= 0.3 is 0 Å². The van der Waals surface area contributed by atoms with E-state index in [0.29, 0.717) is 23.9 Å². The largest absolute Gasteiger partial charge is 0.493 e. The fourth-order valence-electron chi connectivity index (χ4n) is 1.38. The van der Waals surface area contributed by atoms with Crippen LogP contribution >= 0.6 is 0 Å². The van der Waals surface area contributed by atoms with Gasteiger partial charge in [-0.3, -0.25) is 4.79 Å². The maximum Gasteiger partial charge on any atom is 0.252 e. The summed E-state index contributed by atoms with van der Waals surface area (Å²) in [5, 5.41) is 0. The number of carbonyl (C=O) groups excluding carboxylic acids is 1. The first-order valence-corrected chi connectivity index (χ1v) is 4.83. The van der Waals surface area contributed by atoms with Crippen LogP contribution < -0.4 is 19.9 Å². The predicted molar refractivity (Wildman–Crippen MR) is 59.2 cm³/mol. The highest BCUT2D eigenvalue weighted by molar-refractivity contribution is 5.97. The number of ether oxygens (including phenoxy) is 3. The molecule has 5 heteroatoms. The molecule has 1 aromatic rings. The van der Waals surface area contributed by atoms with Crippen molar-refractivity contribution < 1.29 is 19.0 Å². The quantitative estimate of drug-likeness (QED) is 0.817. The molecule has 16 heavy (non-hydrogen) atoms. The van der Waals surface area contributed by atoms with E-state index in [-0.39, 0.29) is 5.56 Å². The minimum absolute atomic E-state index is 0.277. The van der Waals surface area contributed by atoms with Gasteiger partial charge in [-0.05, 0) is 19.1 Å². The summed E-state index contributed by atoms with van der Waals surface area (Å²) in [6.07, 6.45) is 0. The van der Waals surface area contributed by atoms with Gasteiger partial charge in [0.05, 0.1) is 26.4 Å². The van der Waals surface area contributed by atoms with E-state index in [4.69, 9.17) is 19.9 Å². The fourth-order valence-corrected chi connectivity index (χ4v) is 1.38.